The lowest BCUT2D eigenvalue weighted by Gasteiger charge is -2.52. The topological polar surface area (TPSA) is 0 Å². The highest BCUT2D eigenvalue weighted by Gasteiger charge is 2.45. The highest BCUT2D eigenvalue weighted by molar-refractivity contribution is 4.94. The highest BCUT2D eigenvalue weighted by Crippen LogP contribution is 2.54. The Morgan fingerprint density at radius 3 is 1.38 bits per heavy atom. The van der Waals surface area contributed by atoms with Crippen molar-refractivity contribution in [2.24, 2.45) is 35.5 Å². The second kappa shape index (κ2) is 4.35. The van der Waals surface area contributed by atoms with Crippen molar-refractivity contribution in [2.45, 2.75) is 65.2 Å². The summed E-state index contributed by atoms with van der Waals surface area (Å²) in [5, 5.41) is 0. The van der Waals surface area contributed by atoms with Gasteiger partial charge in [-0.2, -0.15) is 0 Å². The Morgan fingerprint density at radius 2 is 0.938 bits per heavy atom. The molecule has 3 fully saturated rings. The van der Waals surface area contributed by atoms with Crippen LogP contribution in [0.15, 0.2) is 0 Å². The van der Waals surface area contributed by atoms with E-state index in [1.54, 1.807) is 25.7 Å². The first-order valence-corrected chi connectivity index (χ1v) is 7.77. The van der Waals surface area contributed by atoms with E-state index in [2.05, 4.69) is 13.8 Å². The third-order valence-electron chi connectivity index (χ3n) is 6.34. The van der Waals surface area contributed by atoms with Gasteiger partial charge in [-0.05, 0) is 61.2 Å². The molecule has 0 aliphatic heterocycles. The van der Waals surface area contributed by atoms with Gasteiger partial charge in [0.1, 0.15) is 0 Å². The monoisotopic (exact) mass is 220 g/mol. The summed E-state index contributed by atoms with van der Waals surface area (Å²) in [6, 6.07) is 0. The van der Waals surface area contributed by atoms with Gasteiger partial charge < -0.3 is 0 Å². The molecule has 3 rings (SSSR count). The van der Waals surface area contributed by atoms with Crippen molar-refractivity contribution >= 4 is 0 Å². The maximum atomic E-state index is 2.53. The van der Waals surface area contributed by atoms with Crippen molar-refractivity contribution in [1.29, 1.82) is 0 Å². The van der Waals surface area contributed by atoms with Gasteiger partial charge in [-0.1, -0.05) is 39.5 Å². The van der Waals surface area contributed by atoms with Gasteiger partial charge >= 0.3 is 0 Å². The molecular weight excluding hydrogens is 192 g/mol. The van der Waals surface area contributed by atoms with Crippen molar-refractivity contribution in [3.8, 4) is 0 Å². The molecule has 0 aromatic heterocycles. The number of hydrogen-bond donors (Lipinski definition) is 0. The molecular formula is C16H28. The van der Waals surface area contributed by atoms with Crippen LogP contribution in [0.4, 0.5) is 0 Å². The Balaban J connectivity index is 1.78. The molecule has 0 heteroatoms. The van der Waals surface area contributed by atoms with Crippen LogP contribution in [0, 0.1) is 35.5 Å². The van der Waals surface area contributed by atoms with Gasteiger partial charge in [-0.25, -0.2) is 0 Å². The molecule has 92 valence electrons. The van der Waals surface area contributed by atoms with E-state index in [0.29, 0.717) is 0 Å². The summed E-state index contributed by atoms with van der Waals surface area (Å²) in [5.74, 6) is 6.56. The molecule has 0 N–H and O–H groups in total. The fraction of sp³-hybridized carbons (Fsp3) is 1.00. The van der Waals surface area contributed by atoms with Crippen LogP contribution in [-0.2, 0) is 0 Å². The fourth-order valence-electron chi connectivity index (χ4n) is 5.50. The van der Waals surface area contributed by atoms with E-state index in [1.165, 1.54) is 25.7 Å². The maximum absolute atomic E-state index is 2.53. The first kappa shape index (κ1) is 11.1. The lowest BCUT2D eigenvalue weighted by molar-refractivity contribution is -0.0200. The summed E-state index contributed by atoms with van der Waals surface area (Å²) in [5.41, 5.74) is 0. The van der Waals surface area contributed by atoms with Crippen molar-refractivity contribution in [3.05, 3.63) is 0 Å². The molecule has 0 nitrogen and oxygen atoms in total. The molecule has 0 bridgehead atoms. The summed E-state index contributed by atoms with van der Waals surface area (Å²) >= 11 is 0. The van der Waals surface area contributed by atoms with Crippen LogP contribution >= 0.6 is 0 Å². The van der Waals surface area contributed by atoms with E-state index >= 15 is 0 Å². The zero-order valence-corrected chi connectivity index (χ0v) is 11.1. The van der Waals surface area contributed by atoms with E-state index in [-0.39, 0.29) is 0 Å². The van der Waals surface area contributed by atoms with Crippen molar-refractivity contribution in [1.82, 2.24) is 0 Å². The van der Waals surface area contributed by atoms with Crippen LogP contribution in [0.1, 0.15) is 65.2 Å². The zero-order chi connectivity index (χ0) is 11.1. The Kier molecular flexibility index (Phi) is 3.02. The Morgan fingerprint density at radius 1 is 0.500 bits per heavy atom. The molecule has 6 unspecified atom stereocenters. The fourth-order valence-corrected chi connectivity index (χ4v) is 5.50. The lowest BCUT2D eigenvalue weighted by Crippen LogP contribution is -2.43. The molecule has 3 saturated carbocycles. The van der Waals surface area contributed by atoms with Crippen LogP contribution in [-0.4, -0.2) is 0 Å². The van der Waals surface area contributed by atoms with Gasteiger partial charge in [0.05, 0.1) is 0 Å². The highest BCUT2D eigenvalue weighted by atomic mass is 14.5. The third-order valence-corrected chi connectivity index (χ3v) is 6.34. The van der Waals surface area contributed by atoms with Crippen LogP contribution < -0.4 is 0 Å². The van der Waals surface area contributed by atoms with Crippen molar-refractivity contribution < 1.29 is 0 Å². The molecule has 3 aliphatic rings. The van der Waals surface area contributed by atoms with Gasteiger partial charge in [0.25, 0.3) is 0 Å². The van der Waals surface area contributed by atoms with Gasteiger partial charge in [-0.15, -0.1) is 0 Å². The number of fused-ring (bicyclic) bond motifs is 3. The summed E-state index contributed by atoms with van der Waals surface area (Å²) in [6.45, 7) is 5.06. The van der Waals surface area contributed by atoms with Crippen molar-refractivity contribution in [3.63, 3.8) is 0 Å². The summed E-state index contributed by atoms with van der Waals surface area (Å²) in [4.78, 5) is 0. The predicted molar refractivity (Wildman–Crippen MR) is 69.2 cm³/mol. The van der Waals surface area contributed by atoms with Crippen LogP contribution in [0.25, 0.3) is 0 Å². The van der Waals surface area contributed by atoms with Gasteiger partial charge in [0.2, 0.25) is 0 Å². The van der Waals surface area contributed by atoms with E-state index < -0.39 is 0 Å². The molecule has 3 aliphatic carbocycles. The first-order valence-electron chi connectivity index (χ1n) is 7.77. The molecule has 0 saturated heterocycles. The van der Waals surface area contributed by atoms with E-state index in [1.807, 2.05) is 0 Å². The van der Waals surface area contributed by atoms with E-state index in [9.17, 15) is 0 Å². The second-order valence-electron chi connectivity index (χ2n) is 7.05. The molecule has 0 amide bonds. The standard InChI is InChI=1S/C16H28/c1-11-5-3-7-15-13(11)9-10-14-12(2)6-4-8-16(14)15/h11-16H,3-10H2,1-2H3. The molecule has 6 atom stereocenters. The molecule has 0 aromatic carbocycles. The Hall–Kier alpha value is 0. The van der Waals surface area contributed by atoms with Gasteiger partial charge in [0, 0.05) is 0 Å². The van der Waals surface area contributed by atoms with Gasteiger partial charge in [-0.3, -0.25) is 0 Å². The van der Waals surface area contributed by atoms with E-state index in [4.69, 9.17) is 0 Å². The molecule has 0 radical (unpaired) electrons. The number of hydrogen-bond acceptors (Lipinski definition) is 0. The van der Waals surface area contributed by atoms with Crippen LogP contribution in [0.5, 0.6) is 0 Å². The minimum absolute atomic E-state index is 1.04. The SMILES string of the molecule is CC1CCCC2C1CCC1C(C)CCCC12. The average molecular weight is 220 g/mol. The average Bonchev–Trinajstić information content (AvgIpc) is 2.30. The molecule has 0 spiro atoms. The van der Waals surface area contributed by atoms with Crippen LogP contribution in [0.2, 0.25) is 0 Å². The van der Waals surface area contributed by atoms with Crippen LogP contribution in [0.3, 0.4) is 0 Å². The normalized spacial score (nSPS) is 52.9. The smallest absolute Gasteiger partial charge is 0.0352 e. The van der Waals surface area contributed by atoms with Gasteiger partial charge in [0.15, 0.2) is 0 Å². The molecule has 0 heterocycles. The summed E-state index contributed by atoms with van der Waals surface area (Å²) in [6.07, 6.45) is 12.4. The quantitative estimate of drug-likeness (QED) is 0.545. The molecule has 16 heavy (non-hydrogen) atoms. The third kappa shape index (κ3) is 1.73. The van der Waals surface area contributed by atoms with Crippen molar-refractivity contribution in [2.75, 3.05) is 0 Å². The second-order valence-corrected chi connectivity index (χ2v) is 7.05. The molecule has 0 aromatic rings. The predicted octanol–water partition coefficient (Wildman–Crippen LogP) is 4.89. The summed E-state index contributed by atoms with van der Waals surface area (Å²) in [7, 11) is 0. The maximum Gasteiger partial charge on any atom is -0.0352 e. The Bertz CT molecular complexity index is 218. The first-order chi connectivity index (χ1) is 7.77. The number of rotatable bonds is 0. The Labute approximate surface area is 101 Å². The minimum atomic E-state index is 1.04. The zero-order valence-electron chi connectivity index (χ0n) is 11.1. The lowest BCUT2D eigenvalue weighted by atomic mass is 9.54. The summed E-state index contributed by atoms with van der Waals surface area (Å²) < 4.78 is 0. The van der Waals surface area contributed by atoms with E-state index in [0.717, 1.165) is 35.5 Å². The largest absolute Gasteiger partial charge is 0.0622 e. The minimum Gasteiger partial charge on any atom is -0.0622 e.